The Morgan fingerprint density at radius 2 is 2.30 bits per heavy atom. The molecule has 0 aliphatic heterocycles. The lowest BCUT2D eigenvalue weighted by Crippen LogP contribution is -2.22. The number of aliphatic hydroxyl groups is 1. The van der Waals surface area contributed by atoms with E-state index < -0.39 is 0 Å². The molecule has 6 nitrogen and oxygen atoms in total. The van der Waals surface area contributed by atoms with Crippen LogP contribution < -0.4 is 10.1 Å². The molecule has 0 aromatic carbocycles. The molecule has 0 saturated heterocycles. The van der Waals surface area contributed by atoms with E-state index in [9.17, 15) is 5.11 Å². The summed E-state index contributed by atoms with van der Waals surface area (Å²) < 4.78 is 5.68. The van der Waals surface area contributed by atoms with Gasteiger partial charge in [0.25, 0.3) is 0 Å². The number of rotatable bonds is 11. The first-order chi connectivity index (χ1) is 11.1. The van der Waals surface area contributed by atoms with Gasteiger partial charge >= 0.3 is 0 Å². The van der Waals surface area contributed by atoms with Crippen LogP contribution in [-0.4, -0.2) is 40.0 Å². The smallest absolute Gasteiger partial charge is 0.180 e. The topological polar surface area (TPSA) is 91.1 Å². The molecule has 0 unspecified atom stereocenters. The number of nitrogens with zero attached hydrogens (tertiary/aromatic N) is 2. The van der Waals surface area contributed by atoms with Crippen LogP contribution in [0.5, 0.6) is 5.75 Å². The minimum absolute atomic E-state index is 0.120. The molecule has 0 radical (unpaired) electrons. The van der Waals surface area contributed by atoms with Crippen molar-refractivity contribution in [1.82, 2.24) is 9.97 Å². The average Bonchev–Trinajstić information content (AvgIpc) is 2.52. The fourth-order valence-electron chi connectivity index (χ4n) is 2.04. The summed E-state index contributed by atoms with van der Waals surface area (Å²) >= 11 is 0. The fourth-order valence-corrected chi connectivity index (χ4v) is 2.04. The van der Waals surface area contributed by atoms with Crippen LogP contribution in [0.15, 0.2) is 24.9 Å². The van der Waals surface area contributed by atoms with Crippen LogP contribution in [0, 0.1) is 5.41 Å². The number of anilines is 1. The molecule has 1 aromatic heterocycles. The molecule has 126 valence electrons. The Kier molecular flexibility index (Phi) is 8.60. The molecule has 0 fully saturated rings. The van der Waals surface area contributed by atoms with Crippen molar-refractivity contribution < 1.29 is 9.84 Å². The Morgan fingerprint density at radius 3 is 2.91 bits per heavy atom. The lowest BCUT2D eigenvalue weighted by atomic mass is 10.1. The van der Waals surface area contributed by atoms with Crippen molar-refractivity contribution >= 4 is 17.6 Å². The predicted octanol–water partition coefficient (Wildman–Crippen LogP) is 3.06. The predicted molar refractivity (Wildman–Crippen MR) is 94.2 cm³/mol. The summed E-state index contributed by atoms with van der Waals surface area (Å²) in [5, 5.41) is 19.9. The van der Waals surface area contributed by atoms with Crippen LogP contribution in [0.25, 0.3) is 6.08 Å². The molecule has 0 spiro atoms. The number of allylic oxidation sites excluding steroid dienone is 1. The third-order valence-electron chi connectivity index (χ3n) is 3.11. The highest BCUT2D eigenvalue weighted by Gasteiger charge is 2.13. The van der Waals surface area contributed by atoms with Gasteiger partial charge in [-0.15, -0.1) is 0 Å². The van der Waals surface area contributed by atoms with Crippen LogP contribution in [0.3, 0.4) is 0 Å². The molecule has 1 aromatic rings. The summed E-state index contributed by atoms with van der Waals surface area (Å²) in [6.45, 7) is 7.94. The maximum Gasteiger partial charge on any atom is 0.180 e. The maximum absolute atomic E-state index is 9.19. The van der Waals surface area contributed by atoms with Crippen molar-refractivity contribution in [1.29, 1.82) is 5.41 Å². The SMILES string of the molecule is C=Cc1ncc(OC/C=C/C(C)=N)c(N[C@@H](CCC)CCO)n1. The highest BCUT2D eigenvalue weighted by Crippen LogP contribution is 2.23. The molecule has 0 aliphatic carbocycles. The van der Waals surface area contributed by atoms with Gasteiger partial charge in [-0.25, -0.2) is 9.97 Å². The highest BCUT2D eigenvalue weighted by molar-refractivity contribution is 5.89. The number of hydrogen-bond donors (Lipinski definition) is 3. The second-order valence-corrected chi connectivity index (χ2v) is 5.18. The Balaban J connectivity index is 2.87. The molecule has 0 aliphatic rings. The summed E-state index contributed by atoms with van der Waals surface area (Å²) in [6, 6.07) is 0.124. The molecule has 23 heavy (non-hydrogen) atoms. The van der Waals surface area contributed by atoms with Crippen LogP contribution >= 0.6 is 0 Å². The van der Waals surface area contributed by atoms with Crippen molar-refractivity contribution in [3.8, 4) is 5.75 Å². The Labute approximate surface area is 137 Å². The van der Waals surface area contributed by atoms with Crippen LogP contribution in [0.4, 0.5) is 5.82 Å². The van der Waals surface area contributed by atoms with Crippen molar-refractivity contribution in [2.75, 3.05) is 18.5 Å². The largest absolute Gasteiger partial charge is 0.484 e. The lowest BCUT2D eigenvalue weighted by Gasteiger charge is -2.19. The molecule has 6 heteroatoms. The molecule has 0 saturated carbocycles. The van der Waals surface area contributed by atoms with Crippen molar-refractivity contribution in [2.45, 2.75) is 39.2 Å². The molecular weight excluding hydrogens is 292 g/mol. The van der Waals surface area contributed by atoms with Gasteiger partial charge in [-0.05, 0) is 38.0 Å². The van der Waals surface area contributed by atoms with Crippen LogP contribution in [0.1, 0.15) is 38.9 Å². The fraction of sp³-hybridized carbons (Fsp3) is 0.471. The zero-order valence-electron chi connectivity index (χ0n) is 13.9. The third-order valence-corrected chi connectivity index (χ3v) is 3.11. The first-order valence-electron chi connectivity index (χ1n) is 7.82. The average molecular weight is 318 g/mol. The van der Waals surface area contributed by atoms with Crippen molar-refractivity contribution in [3.63, 3.8) is 0 Å². The first kappa shape index (κ1) is 18.8. The zero-order chi connectivity index (χ0) is 17.1. The number of aromatic nitrogens is 2. The maximum atomic E-state index is 9.19. The molecule has 1 atom stereocenters. The minimum atomic E-state index is 0.120. The number of ether oxygens (including phenoxy) is 1. The summed E-state index contributed by atoms with van der Waals surface area (Å²) in [5.41, 5.74) is 0.469. The number of nitrogens with one attached hydrogen (secondary N) is 2. The zero-order valence-corrected chi connectivity index (χ0v) is 13.9. The first-order valence-corrected chi connectivity index (χ1v) is 7.82. The van der Waals surface area contributed by atoms with E-state index in [1.165, 1.54) is 0 Å². The quantitative estimate of drug-likeness (QED) is 0.545. The molecule has 0 bridgehead atoms. The Hall–Kier alpha value is -2.21. The van der Waals surface area contributed by atoms with Gasteiger partial charge in [0.1, 0.15) is 6.61 Å². The van der Waals surface area contributed by atoms with Gasteiger partial charge in [0.15, 0.2) is 17.4 Å². The second-order valence-electron chi connectivity index (χ2n) is 5.18. The summed E-state index contributed by atoms with van der Waals surface area (Å²) in [7, 11) is 0. The van der Waals surface area contributed by atoms with Gasteiger partial charge in [0, 0.05) is 18.4 Å². The Bertz CT molecular complexity index is 537. The molecular formula is C17H26N4O2. The van der Waals surface area contributed by atoms with Gasteiger partial charge in [-0.1, -0.05) is 19.9 Å². The molecule has 0 amide bonds. The summed E-state index contributed by atoms with van der Waals surface area (Å²) in [4.78, 5) is 8.56. The van der Waals surface area contributed by atoms with E-state index in [1.807, 2.05) is 0 Å². The highest BCUT2D eigenvalue weighted by atomic mass is 16.5. The van der Waals surface area contributed by atoms with E-state index in [2.05, 4.69) is 28.8 Å². The van der Waals surface area contributed by atoms with Gasteiger partial charge in [0.2, 0.25) is 0 Å². The van der Waals surface area contributed by atoms with Gasteiger partial charge < -0.3 is 20.6 Å². The Morgan fingerprint density at radius 1 is 1.52 bits per heavy atom. The van der Waals surface area contributed by atoms with Crippen LogP contribution in [0.2, 0.25) is 0 Å². The van der Waals surface area contributed by atoms with Crippen LogP contribution in [-0.2, 0) is 0 Å². The second kappa shape index (κ2) is 10.5. The number of aliphatic hydroxyl groups excluding tert-OH is 1. The van der Waals surface area contributed by atoms with E-state index in [0.717, 1.165) is 12.8 Å². The number of hydrogen-bond acceptors (Lipinski definition) is 6. The molecule has 1 heterocycles. The van der Waals surface area contributed by atoms with E-state index in [0.29, 0.717) is 36.1 Å². The standard InChI is InChI=1S/C17H26N4O2/c1-4-7-14(9-10-22)20-17-15(12-19-16(5-2)21-17)23-11-6-8-13(3)18/h5-6,8,12,14,18,22H,2,4,7,9-11H2,1,3H3,(H,19,20,21)/b8-6+,18-13?/t14-/m0/s1. The molecule has 1 rings (SSSR count). The summed E-state index contributed by atoms with van der Waals surface area (Å²) in [5.74, 6) is 1.66. The van der Waals surface area contributed by atoms with Crippen molar-refractivity contribution in [2.24, 2.45) is 0 Å². The lowest BCUT2D eigenvalue weighted by molar-refractivity contribution is 0.276. The minimum Gasteiger partial charge on any atom is -0.484 e. The van der Waals surface area contributed by atoms with Crippen molar-refractivity contribution in [3.05, 3.63) is 30.8 Å². The van der Waals surface area contributed by atoms with E-state index in [4.69, 9.17) is 10.1 Å². The third kappa shape index (κ3) is 7.06. The normalized spacial score (nSPS) is 12.1. The monoisotopic (exact) mass is 318 g/mol. The van der Waals surface area contributed by atoms with Gasteiger partial charge in [-0.2, -0.15) is 0 Å². The van der Waals surface area contributed by atoms with Gasteiger partial charge in [-0.3, -0.25) is 0 Å². The van der Waals surface area contributed by atoms with E-state index in [1.54, 1.807) is 31.3 Å². The van der Waals surface area contributed by atoms with E-state index >= 15 is 0 Å². The van der Waals surface area contributed by atoms with E-state index in [-0.39, 0.29) is 12.6 Å². The molecule has 3 N–H and O–H groups in total. The summed E-state index contributed by atoms with van der Waals surface area (Å²) in [6.07, 6.45) is 9.22. The van der Waals surface area contributed by atoms with Gasteiger partial charge in [0.05, 0.1) is 6.20 Å².